The van der Waals surface area contributed by atoms with E-state index in [0.29, 0.717) is 0 Å². The second kappa shape index (κ2) is 5.29. The number of nitrogens with zero attached hydrogens (tertiary/aromatic N) is 1. The molecule has 1 rings (SSSR count). The van der Waals surface area contributed by atoms with Crippen LogP contribution in [-0.4, -0.2) is 43.0 Å². The number of sulfonamides is 1. The molecule has 0 atom stereocenters. The van der Waals surface area contributed by atoms with Gasteiger partial charge in [-0.15, -0.1) is 4.24 Å². The topological polar surface area (TPSA) is 59.1 Å². The van der Waals surface area contributed by atoms with Crippen LogP contribution in [0.1, 0.15) is 5.56 Å². The number of aryl methyl sites for hydroxylation is 1. The van der Waals surface area contributed by atoms with Crippen LogP contribution < -0.4 is 4.24 Å². The molecular formula is C6H7ClN2NaO2S. The van der Waals surface area contributed by atoms with Crippen molar-refractivity contribution >= 4 is 51.4 Å². The third kappa shape index (κ3) is 3.53. The fraction of sp³-hybridized carbons (Fsp3) is 0.167. The van der Waals surface area contributed by atoms with Gasteiger partial charge >= 0.3 is 0 Å². The molecule has 13 heavy (non-hydrogen) atoms. The van der Waals surface area contributed by atoms with Crippen LogP contribution in [0.4, 0.5) is 0 Å². The Bertz CT molecular complexity index is 365. The van der Waals surface area contributed by atoms with Crippen molar-refractivity contribution in [1.82, 2.24) is 9.23 Å². The van der Waals surface area contributed by atoms with Crippen molar-refractivity contribution < 1.29 is 8.42 Å². The zero-order valence-electron chi connectivity index (χ0n) is 7.28. The van der Waals surface area contributed by atoms with Gasteiger partial charge in [-0.05, 0) is 30.3 Å². The zero-order chi connectivity index (χ0) is 9.19. The minimum absolute atomic E-state index is 0. The van der Waals surface area contributed by atoms with Crippen LogP contribution in [-0.2, 0) is 10.0 Å². The first-order valence-electron chi connectivity index (χ1n) is 3.11. The molecule has 0 amide bonds. The van der Waals surface area contributed by atoms with Crippen molar-refractivity contribution in [3.63, 3.8) is 0 Å². The molecule has 1 N–H and O–H groups in total. The van der Waals surface area contributed by atoms with Crippen LogP contribution in [0.2, 0.25) is 0 Å². The number of aromatic nitrogens is 1. The fourth-order valence-electron chi connectivity index (χ4n) is 0.653. The van der Waals surface area contributed by atoms with Crippen molar-refractivity contribution in [1.29, 1.82) is 0 Å². The van der Waals surface area contributed by atoms with Gasteiger partial charge in [0.15, 0.2) is 5.03 Å². The van der Waals surface area contributed by atoms with Crippen LogP contribution in [0.5, 0.6) is 0 Å². The fourth-order valence-corrected chi connectivity index (χ4v) is 1.41. The van der Waals surface area contributed by atoms with Crippen molar-refractivity contribution in [2.24, 2.45) is 0 Å². The van der Waals surface area contributed by atoms with Crippen LogP contribution >= 0.6 is 11.8 Å². The molecule has 7 heteroatoms. The number of nitrogens with one attached hydrogen (secondary N) is 1. The number of hydrogen-bond donors (Lipinski definition) is 1. The van der Waals surface area contributed by atoms with E-state index in [4.69, 9.17) is 11.8 Å². The van der Waals surface area contributed by atoms with E-state index in [9.17, 15) is 8.42 Å². The van der Waals surface area contributed by atoms with Gasteiger partial charge in [-0.3, -0.25) is 0 Å². The Labute approximate surface area is 104 Å². The monoisotopic (exact) mass is 229 g/mol. The summed E-state index contributed by atoms with van der Waals surface area (Å²) in [5.41, 5.74) is 0.892. The molecule has 1 aromatic heterocycles. The summed E-state index contributed by atoms with van der Waals surface area (Å²) >= 11 is 4.99. The number of halogens is 1. The summed E-state index contributed by atoms with van der Waals surface area (Å²) in [4.78, 5) is 3.69. The Kier molecular flexibility index (Phi) is 5.43. The molecule has 0 unspecified atom stereocenters. The van der Waals surface area contributed by atoms with E-state index in [1.54, 1.807) is 10.3 Å². The summed E-state index contributed by atoms with van der Waals surface area (Å²) in [5, 5.41) is -0.0805. The Morgan fingerprint density at radius 3 is 2.46 bits per heavy atom. The summed E-state index contributed by atoms with van der Waals surface area (Å²) in [7, 11) is -3.61. The second-order valence-electron chi connectivity index (χ2n) is 2.25. The van der Waals surface area contributed by atoms with E-state index in [1.807, 2.05) is 6.92 Å². The predicted octanol–water partition coefficient (Wildman–Crippen LogP) is 0.441. The summed E-state index contributed by atoms with van der Waals surface area (Å²) in [6.07, 6.45) is 1.46. The molecule has 0 aliphatic heterocycles. The molecule has 1 heterocycles. The van der Waals surface area contributed by atoms with E-state index < -0.39 is 10.0 Å². The van der Waals surface area contributed by atoms with E-state index in [-0.39, 0.29) is 34.6 Å². The first-order chi connectivity index (χ1) is 5.56. The van der Waals surface area contributed by atoms with Gasteiger partial charge < -0.3 is 0 Å². The van der Waals surface area contributed by atoms with E-state index in [1.165, 1.54) is 12.3 Å². The van der Waals surface area contributed by atoms with Gasteiger partial charge in [0.25, 0.3) is 10.0 Å². The van der Waals surface area contributed by atoms with Crippen LogP contribution in [0.15, 0.2) is 23.4 Å². The third-order valence-corrected chi connectivity index (χ3v) is 2.87. The first-order valence-corrected chi connectivity index (χ1v) is 4.97. The SMILES string of the molecule is Cc1ccc(S(=O)(=O)NCl)nc1.[Na]. The minimum Gasteiger partial charge on any atom is -0.243 e. The summed E-state index contributed by atoms with van der Waals surface area (Å²) < 4.78 is 23.7. The number of rotatable bonds is 2. The van der Waals surface area contributed by atoms with Crippen molar-refractivity contribution in [3.05, 3.63) is 23.9 Å². The normalized spacial score (nSPS) is 10.6. The maximum absolute atomic E-state index is 11.0. The van der Waals surface area contributed by atoms with Gasteiger partial charge in [-0.1, -0.05) is 6.07 Å². The average molecular weight is 230 g/mol. The Balaban J connectivity index is 0.00000144. The molecule has 0 saturated heterocycles. The summed E-state index contributed by atoms with van der Waals surface area (Å²) in [5.74, 6) is 0. The standard InChI is InChI=1S/C6H7ClN2O2S.Na/c1-5-2-3-6(8-4-5)12(10,11)9-7;/h2-4,9H,1H3;. The van der Waals surface area contributed by atoms with Gasteiger partial charge in [0.1, 0.15) is 0 Å². The van der Waals surface area contributed by atoms with Gasteiger partial charge in [0, 0.05) is 35.8 Å². The molecule has 0 aromatic carbocycles. The summed E-state index contributed by atoms with van der Waals surface area (Å²) in [6, 6.07) is 3.04. The van der Waals surface area contributed by atoms with Gasteiger partial charge in [-0.2, -0.15) is 0 Å². The van der Waals surface area contributed by atoms with E-state index >= 15 is 0 Å². The minimum atomic E-state index is -3.61. The van der Waals surface area contributed by atoms with Gasteiger partial charge in [0.2, 0.25) is 0 Å². The zero-order valence-corrected chi connectivity index (χ0v) is 10.9. The molecule has 4 nitrogen and oxygen atoms in total. The van der Waals surface area contributed by atoms with Crippen molar-refractivity contribution in [2.75, 3.05) is 0 Å². The number of pyridine rings is 1. The molecule has 0 aliphatic rings. The molecule has 0 aliphatic carbocycles. The molecule has 0 spiro atoms. The van der Waals surface area contributed by atoms with Crippen LogP contribution in [0.3, 0.4) is 0 Å². The smallest absolute Gasteiger partial charge is 0.243 e. The predicted molar refractivity (Wildman–Crippen MR) is 50.9 cm³/mol. The maximum Gasteiger partial charge on any atom is 0.271 e. The summed E-state index contributed by atoms with van der Waals surface area (Å²) in [6.45, 7) is 1.82. The second-order valence-corrected chi connectivity index (χ2v) is 4.30. The molecular weight excluding hydrogens is 223 g/mol. The van der Waals surface area contributed by atoms with E-state index in [2.05, 4.69) is 4.98 Å². The molecule has 0 saturated carbocycles. The number of hydrogen-bond acceptors (Lipinski definition) is 3. The average Bonchev–Trinajstić information content (AvgIpc) is 2.05. The molecule has 0 fully saturated rings. The molecule has 1 radical (unpaired) electrons. The molecule has 1 aromatic rings. The maximum atomic E-state index is 11.0. The van der Waals surface area contributed by atoms with E-state index in [0.717, 1.165) is 5.56 Å². The van der Waals surface area contributed by atoms with Gasteiger partial charge in [-0.25, -0.2) is 13.4 Å². The Morgan fingerprint density at radius 2 is 2.08 bits per heavy atom. The third-order valence-electron chi connectivity index (χ3n) is 1.26. The quantitative estimate of drug-likeness (QED) is 0.592. The molecule has 0 bridgehead atoms. The van der Waals surface area contributed by atoms with Crippen LogP contribution in [0.25, 0.3) is 0 Å². The van der Waals surface area contributed by atoms with Crippen LogP contribution in [0, 0.1) is 6.92 Å². The van der Waals surface area contributed by atoms with Crippen molar-refractivity contribution in [2.45, 2.75) is 11.9 Å². The molecule has 67 valence electrons. The van der Waals surface area contributed by atoms with Crippen molar-refractivity contribution in [3.8, 4) is 0 Å². The first kappa shape index (κ1) is 13.4. The largest absolute Gasteiger partial charge is 0.271 e. The Hall–Kier alpha value is 0.350. The Morgan fingerprint density at radius 1 is 1.46 bits per heavy atom. The van der Waals surface area contributed by atoms with Gasteiger partial charge in [0.05, 0.1) is 0 Å².